The Morgan fingerprint density at radius 1 is 1.41 bits per heavy atom. The maximum absolute atomic E-state index is 12.3. The van der Waals surface area contributed by atoms with Crippen molar-refractivity contribution >= 4 is 5.91 Å². The number of hydrogen-bond donors (Lipinski definition) is 1. The molecular weight excluding hydrogens is 218 g/mol. The van der Waals surface area contributed by atoms with E-state index in [1.807, 2.05) is 13.8 Å². The molecule has 4 heteroatoms. The zero-order valence-corrected chi connectivity index (χ0v) is 10.6. The van der Waals surface area contributed by atoms with E-state index in [-0.39, 0.29) is 12.5 Å². The lowest BCUT2D eigenvalue weighted by Crippen LogP contribution is -2.34. The zero-order chi connectivity index (χ0) is 13.0. The molecule has 94 valence electrons. The summed E-state index contributed by atoms with van der Waals surface area (Å²) in [6.45, 7) is 9.75. The maximum atomic E-state index is 12.3. The van der Waals surface area contributed by atoms with E-state index >= 15 is 0 Å². The minimum atomic E-state index is -0.120. The summed E-state index contributed by atoms with van der Waals surface area (Å²) in [7, 11) is 0. The zero-order valence-electron chi connectivity index (χ0n) is 10.6. The normalized spacial score (nSPS) is 10.4. The van der Waals surface area contributed by atoms with Gasteiger partial charge in [0.15, 0.2) is 0 Å². The maximum Gasteiger partial charge on any atom is 0.258 e. The number of furan rings is 1. The summed E-state index contributed by atoms with van der Waals surface area (Å²) in [5.74, 6) is 1.26. The Balaban J connectivity index is 3.04. The van der Waals surface area contributed by atoms with Crippen LogP contribution < -0.4 is 0 Å². The van der Waals surface area contributed by atoms with Gasteiger partial charge in [-0.25, -0.2) is 0 Å². The fourth-order valence-electron chi connectivity index (χ4n) is 1.82. The van der Waals surface area contributed by atoms with Crippen LogP contribution in [-0.2, 0) is 0 Å². The Kier molecular flexibility index (Phi) is 4.52. The van der Waals surface area contributed by atoms with Crippen LogP contribution in [0.2, 0.25) is 0 Å². The summed E-state index contributed by atoms with van der Waals surface area (Å²) < 4.78 is 5.44. The van der Waals surface area contributed by atoms with E-state index in [1.165, 1.54) is 0 Å². The van der Waals surface area contributed by atoms with E-state index in [2.05, 4.69) is 6.58 Å². The predicted octanol–water partition coefficient (Wildman–Crippen LogP) is 1.83. The number of carbonyl (C=O) groups is 1. The molecule has 0 fully saturated rings. The molecule has 1 N–H and O–H groups in total. The molecule has 0 atom stereocenters. The summed E-state index contributed by atoms with van der Waals surface area (Å²) in [4.78, 5) is 13.8. The number of aliphatic hydroxyl groups excluding tert-OH is 1. The predicted molar refractivity (Wildman–Crippen MR) is 66.1 cm³/mol. The van der Waals surface area contributed by atoms with Gasteiger partial charge in [-0.1, -0.05) is 6.08 Å². The highest BCUT2D eigenvalue weighted by atomic mass is 16.3. The minimum absolute atomic E-state index is 0.0610. The summed E-state index contributed by atoms with van der Waals surface area (Å²) >= 11 is 0. The molecule has 1 rings (SSSR count). The quantitative estimate of drug-likeness (QED) is 0.795. The fraction of sp³-hybridized carbons (Fsp3) is 0.462. The Morgan fingerprint density at radius 3 is 2.47 bits per heavy atom. The molecule has 0 saturated carbocycles. The van der Waals surface area contributed by atoms with Crippen LogP contribution in [0.1, 0.15) is 27.4 Å². The summed E-state index contributed by atoms with van der Waals surface area (Å²) in [6.07, 6.45) is 1.64. The molecule has 0 saturated heterocycles. The number of amides is 1. The minimum Gasteiger partial charge on any atom is -0.466 e. The van der Waals surface area contributed by atoms with Crippen molar-refractivity contribution in [2.24, 2.45) is 0 Å². The molecule has 4 nitrogen and oxygen atoms in total. The van der Waals surface area contributed by atoms with Gasteiger partial charge in [-0.05, 0) is 20.8 Å². The van der Waals surface area contributed by atoms with Crippen LogP contribution in [0.5, 0.6) is 0 Å². The van der Waals surface area contributed by atoms with E-state index in [0.717, 1.165) is 11.3 Å². The first-order valence-corrected chi connectivity index (χ1v) is 5.60. The third kappa shape index (κ3) is 2.77. The molecule has 1 aromatic rings. The van der Waals surface area contributed by atoms with Gasteiger partial charge in [0.2, 0.25) is 0 Å². The number of carbonyl (C=O) groups excluding carboxylic acids is 1. The molecule has 1 heterocycles. The van der Waals surface area contributed by atoms with Crippen LogP contribution >= 0.6 is 0 Å². The Morgan fingerprint density at radius 2 is 2.06 bits per heavy atom. The first kappa shape index (κ1) is 13.5. The van der Waals surface area contributed by atoms with Crippen molar-refractivity contribution in [1.29, 1.82) is 0 Å². The van der Waals surface area contributed by atoms with Gasteiger partial charge in [0, 0.05) is 18.7 Å². The van der Waals surface area contributed by atoms with Crippen LogP contribution in [0.4, 0.5) is 0 Å². The number of rotatable bonds is 5. The molecule has 17 heavy (non-hydrogen) atoms. The SMILES string of the molecule is C=CCN(CCO)C(=O)c1c(C)oc(C)c1C. The standard InChI is InChI=1S/C13H19NO3/c1-5-6-14(7-8-15)13(16)12-9(2)10(3)17-11(12)4/h5,15H,1,6-8H2,2-4H3. The highest BCUT2D eigenvalue weighted by Crippen LogP contribution is 2.22. The summed E-state index contributed by atoms with van der Waals surface area (Å²) in [6, 6.07) is 0. The monoisotopic (exact) mass is 237 g/mol. The van der Waals surface area contributed by atoms with Crippen LogP contribution in [0, 0.1) is 20.8 Å². The van der Waals surface area contributed by atoms with Gasteiger partial charge in [-0.2, -0.15) is 0 Å². The topological polar surface area (TPSA) is 53.7 Å². The van der Waals surface area contributed by atoms with Crippen molar-refractivity contribution in [2.75, 3.05) is 19.7 Å². The summed E-state index contributed by atoms with van der Waals surface area (Å²) in [5.41, 5.74) is 1.46. The molecule has 0 aliphatic heterocycles. The van der Waals surface area contributed by atoms with E-state index in [1.54, 1.807) is 17.9 Å². The molecular formula is C13H19NO3. The molecule has 1 aromatic heterocycles. The molecule has 0 spiro atoms. The van der Waals surface area contributed by atoms with Gasteiger partial charge in [-0.15, -0.1) is 6.58 Å². The number of hydrogen-bond acceptors (Lipinski definition) is 3. The van der Waals surface area contributed by atoms with Gasteiger partial charge in [0.05, 0.1) is 12.2 Å². The van der Waals surface area contributed by atoms with E-state index in [9.17, 15) is 4.79 Å². The third-order valence-corrected chi connectivity index (χ3v) is 2.78. The van der Waals surface area contributed by atoms with Crippen molar-refractivity contribution in [3.8, 4) is 0 Å². The molecule has 0 unspecified atom stereocenters. The van der Waals surface area contributed by atoms with Gasteiger partial charge in [0.25, 0.3) is 5.91 Å². The van der Waals surface area contributed by atoms with Gasteiger partial charge in [0.1, 0.15) is 11.5 Å². The Hall–Kier alpha value is -1.55. The number of aryl methyl sites for hydroxylation is 2. The highest BCUT2D eigenvalue weighted by molar-refractivity contribution is 5.97. The molecule has 0 aliphatic carbocycles. The average Bonchev–Trinajstić information content (AvgIpc) is 2.52. The van der Waals surface area contributed by atoms with Crippen molar-refractivity contribution in [3.63, 3.8) is 0 Å². The van der Waals surface area contributed by atoms with Gasteiger partial charge >= 0.3 is 0 Å². The lowest BCUT2D eigenvalue weighted by molar-refractivity contribution is 0.0740. The summed E-state index contributed by atoms with van der Waals surface area (Å²) in [5, 5.41) is 8.95. The molecule has 1 amide bonds. The fourth-order valence-corrected chi connectivity index (χ4v) is 1.82. The average molecular weight is 237 g/mol. The first-order valence-electron chi connectivity index (χ1n) is 5.60. The van der Waals surface area contributed by atoms with Gasteiger partial charge < -0.3 is 14.4 Å². The lowest BCUT2D eigenvalue weighted by atomic mass is 10.1. The van der Waals surface area contributed by atoms with Crippen molar-refractivity contribution in [3.05, 3.63) is 35.3 Å². The third-order valence-electron chi connectivity index (χ3n) is 2.78. The van der Waals surface area contributed by atoms with Crippen LogP contribution in [0.25, 0.3) is 0 Å². The second-order valence-electron chi connectivity index (χ2n) is 3.98. The van der Waals surface area contributed by atoms with Crippen LogP contribution in [0.3, 0.4) is 0 Å². The van der Waals surface area contributed by atoms with Crippen molar-refractivity contribution in [1.82, 2.24) is 4.90 Å². The van der Waals surface area contributed by atoms with Crippen molar-refractivity contribution in [2.45, 2.75) is 20.8 Å². The van der Waals surface area contributed by atoms with Gasteiger partial charge in [-0.3, -0.25) is 4.79 Å². The Bertz CT molecular complexity index is 421. The first-order chi connectivity index (χ1) is 8.02. The lowest BCUT2D eigenvalue weighted by Gasteiger charge is -2.20. The van der Waals surface area contributed by atoms with Crippen molar-refractivity contribution < 1.29 is 14.3 Å². The molecule has 0 radical (unpaired) electrons. The molecule has 0 aromatic carbocycles. The van der Waals surface area contributed by atoms with E-state index < -0.39 is 0 Å². The van der Waals surface area contributed by atoms with Crippen LogP contribution in [-0.4, -0.2) is 35.6 Å². The number of nitrogens with zero attached hydrogens (tertiary/aromatic N) is 1. The second kappa shape index (κ2) is 5.68. The largest absolute Gasteiger partial charge is 0.466 e. The Labute approximate surface area is 102 Å². The second-order valence-corrected chi connectivity index (χ2v) is 3.98. The van der Waals surface area contributed by atoms with E-state index in [4.69, 9.17) is 9.52 Å². The highest BCUT2D eigenvalue weighted by Gasteiger charge is 2.22. The number of aliphatic hydroxyl groups is 1. The molecule has 0 aliphatic rings. The smallest absolute Gasteiger partial charge is 0.258 e. The van der Waals surface area contributed by atoms with Crippen LogP contribution in [0.15, 0.2) is 17.1 Å². The molecule has 0 bridgehead atoms. The van der Waals surface area contributed by atoms with E-state index in [0.29, 0.717) is 24.4 Å².